The summed E-state index contributed by atoms with van der Waals surface area (Å²) in [6.45, 7) is 5.63. The molecule has 2 amide bonds. The molecule has 41 heavy (non-hydrogen) atoms. The van der Waals surface area contributed by atoms with Crippen LogP contribution in [0.5, 0.6) is 0 Å². The average Bonchev–Trinajstić information content (AvgIpc) is 2.94. The molecule has 7 nitrogen and oxygen atoms in total. The number of anilines is 1. The van der Waals surface area contributed by atoms with E-state index in [9.17, 15) is 18.0 Å². The Morgan fingerprint density at radius 1 is 0.902 bits per heavy atom. The SMILES string of the molecule is CCCCNC(=O)C(CC)N(Cc1ccc(Cl)c(Cl)c1)C(=O)CN(c1ccc(Cl)cc1)S(=O)(=O)c1ccc(C)cc1. The summed E-state index contributed by atoms with van der Waals surface area (Å²) in [5.41, 5.74) is 1.80. The Morgan fingerprint density at radius 2 is 1.56 bits per heavy atom. The van der Waals surface area contributed by atoms with Crippen LogP contribution in [0.3, 0.4) is 0 Å². The molecular weight excluding hydrogens is 605 g/mol. The summed E-state index contributed by atoms with van der Waals surface area (Å²) in [4.78, 5) is 28.8. The van der Waals surface area contributed by atoms with Crippen molar-refractivity contribution in [1.82, 2.24) is 10.2 Å². The van der Waals surface area contributed by atoms with E-state index in [1.807, 2.05) is 13.8 Å². The van der Waals surface area contributed by atoms with E-state index in [0.717, 1.165) is 22.7 Å². The number of carbonyl (C=O) groups excluding carboxylic acids is 2. The van der Waals surface area contributed by atoms with Crippen molar-refractivity contribution < 1.29 is 18.0 Å². The molecule has 0 aromatic heterocycles. The van der Waals surface area contributed by atoms with Crippen molar-refractivity contribution in [3.63, 3.8) is 0 Å². The first kappa shape index (κ1) is 32.7. The van der Waals surface area contributed by atoms with Gasteiger partial charge in [-0.25, -0.2) is 8.42 Å². The maximum Gasteiger partial charge on any atom is 0.264 e. The molecule has 0 bridgehead atoms. The zero-order chi connectivity index (χ0) is 30.2. The highest BCUT2D eigenvalue weighted by Gasteiger charge is 2.33. The van der Waals surface area contributed by atoms with Gasteiger partial charge < -0.3 is 10.2 Å². The highest BCUT2D eigenvalue weighted by Crippen LogP contribution is 2.27. The third-order valence-electron chi connectivity index (χ3n) is 6.55. The molecule has 3 aromatic rings. The van der Waals surface area contributed by atoms with Gasteiger partial charge in [-0.2, -0.15) is 0 Å². The first-order valence-electron chi connectivity index (χ1n) is 13.3. The molecular formula is C30H34Cl3N3O4S. The second-order valence-electron chi connectivity index (χ2n) is 9.64. The van der Waals surface area contributed by atoms with Gasteiger partial charge in [0.15, 0.2) is 0 Å². The Labute approximate surface area is 257 Å². The standard InChI is InChI=1S/C30H34Cl3N3O4S/c1-4-6-17-34-30(38)28(5-2)35(19-22-9-16-26(32)27(33)18-22)29(37)20-36(24-12-10-23(31)11-13-24)41(39,40)25-14-7-21(3)8-15-25/h7-16,18,28H,4-6,17,19-20H2,1-3H3,(H,34,38). The number of nitrogens with one attached hydrogen (secondary N) is 1. The first-order valence-corrected chi connectivity index (χ1v) is 15.9. The van der Waals surface area contributed by atoms with E-state index >= 15 is 0 Å². The van der Waals surface area contributed by atoms with Crippen LogP contribution in [0.2, 0.25) is 15.1 Å². The van der Waals surface area contributed by atoms with Gasteiger partial charge in [0.1, 0.15) is 12.6 Å². The van der Waals surface area contributed by atoms with Crippen molar-refractivity contribution in [2.75, 3.05) is 17.4 Å². The van der Waals surface area contributed by atoms with E-state index in [4.69, 9.17) is 34.8 Å². The van der Waals surface area contributed by atoms with Gasteiger partial charge in [0.25, 0.3) is 10.0 Å². The quantitative estimate of drug-likeness (QED) is 0.207. The Kier molecular flexibility index (Phi) is 11.9. The minimum absolute atomic E-state index is 0.0223. The molecule has 3 aromatic carbocycles. The van der Waals surface area contributed by atoms with E-state index in [2.05, 4.69) is 5.32 Å². The number of amides is 2. The third-order valence-corrected chi connectivity index (χ3v) is 9.33. The maximum atomic E-state index is 14.1. The fourth-order valence-corrected chi connectivity index (χ4v) is 6.09. The van der Waals surface area contributed by atoms with Gasteiger partial charge in [0.2, 0.25) is 11.8 Å². The molecule has 11 heteroatoms. The summed E-state index contributed by atoms with van der Waals surface area (Å²) in [6, 6.07) is 16.7. The number of rotatable bonds is 13. The Hall–Kier alpha value is -2.78. The topological polar surface area (TPSA) is 86.8 Å². The summed E-state index contributed by atoms with van der Waals surface area (Å²) in [5.74, 6) is -0.868. The number of unbranched alkanes of at least 4 members (excludes halogenated alkanes) is 1. The van der Waals surface area contributed by atoms with Crippen LogP contribution in [0, 0.1) is 6.92 Å². The number of nitrogens with zero attached hydrogens (tertiary/aromatic N) is 2. The Balaban J connectivity index is 2.04. The summed E-state index contributed by atoms with van der Waals surface area (Å²) in [5, 5.41) is 3.99. The van der Waals surface area contributed by atoms with Crippen LogP contribution in [0.15, 0.2) is 71.6 Å². The van der Waals surface area contributed by atoms with Crippen molar-refractivity contribution in [2.45, 2.75) is 57.5 Å². The molecule has 220 valence electrons. The highest BCUT2D eigenvalue weighted by atomic mass is 35.5. The first-order chi connectivity index (χ1) is 19.5. The van der Waals surface area contributed by atoms with Crippen LogP contribution in [0.1, 0.15) is 44.2 Å². The van der Waals surface area contributed by atoms with E-state index < -0.39 is 28.5 Å². The second-order valence-corrected chi connectivity index (χ2v) is 12.8. The molecule has 0 fully saturated rings. The van der Waals surface area contributed by atoms with E-state index in [1.165, 1.54) is 17.0 Å². The van der Waals surface area contributed by atoms with Gasteiger partial charge in [-0.1, -0.05) is 78.8 Å². The number of halogens is 3. The highest BCUT2D eigenvalue weighted by molar-refractivity contribution is 7.92. The van der Waals surface area contributed by atoms with Gasteiger partial charge in [0.05, 0.1) is 20.6 Å². The van der Waals surface area contributed by atoms with Crippen molar-refractivity contribution in [1.29, 1.82) is 0 Å². The number of hydrogen-bond donors (Lipinski definition) is 1. The largest absolute Gasteiger partial charge is 0.354 e. The number of benzene rings is 3. The molecule has 0 aliphatic carbocycles. The molecule has 0 radical (unpaired) electrons. The minimum Gasteiger partial charge on any atom is -0.354 e. The van der Waals surface area contributed by atoms with Crippen LogP contribution < -0.4 is 9.62 Å². The van der Waals surface area contributed by atoms with Crippen molar-refractivity contribution >= 4 is 62.3 Å². The zero-order valence-corrected chi connectivity index (χ0v) is 26.3. The lowest BCUT2D eigenvalue weighted by Gasteiger charge is -2.33. The van der Waals surface area contributed by atoms with Gasteiger partial charge >= 0.3 is 0 Å². The average molecular weight is 639 g/mol. The van der Waals surface area contributed by atoms with Gasteiger partial charge in [-0.05, 0) is 73.9 Å². The van der Waals surface area contributed by atoms with E-state index in [-0.39, 0.29) is 23.0 Å². The van der Waals surface area contributed by atoms with Gasteiger partial charge in [0, 0.05) is 18.1 Å². The molecule has 0 saturated carbocycles. The molecule has 0 aliphatic rings. The Bertz CT molecular complexity index is 1450. The monoisotopic (exact) mass is 637 g/mol. The van der Waals surface area contributed by atoms with Crippen LogP contribution in [-0.4, -0.2) is 44.3 Å². The lowest BCUT2D eigenvalue weighted by molar-refractivity contribution is -0.140. The number of aryl methyl sites for hydroxylation is 1. The Morgan fingerprint density at radius 3 is 2.15 bits per heavy atom. The van der Waals surface area contributed by atoms with E-state index in [1.54, 1.807) is 61.5 Å². The smallest absolute Gasteiger partial charge is 0.264 e. The van der Waals surface area contributed by atoms with Crippen LogP contribution in [0.4, 0.5) is 5.69 Å². The summed E-state index contributed by atoms with van der Waals surface area (Å²) < 4.78 is 28.8. The van der Waals surface area contributed by atoms with Crippen LogP contribution in [0.25, 0.3) is 0 Å². The second kappa shape index (κ2) is 14.9. The predicted molar refractivity (Wildman–Crippen MR) is 166 cm³/mol. The molecule has 0 aliphatic heterocycles. The molecule has 1 atom stereocenters. The predicted octanol–water partition coefficient (Wildman–Crippen LogP) is 6.87. The molecule has 0 heterocycles. The molecule has 3 rings (SSSR count). The lowest BCUT2D eigenvalue weighted by Crippen LogP contribution is -2.52. The minimum atomic E-state index is -4.16. The van der Waals surface area contributed by atoms with Crippen LogP contribution >= 0.6 is 34.8 Å². The molecule has 0 saturated heterocycles. The fourth-order valence-electron chi connectivity index (χ4n) is 4.23. The molecule has 0 spiro atoms. The van der Waals surface area contributed by atoms with Gasteiger partial charge in [-0.15, -0.1) is 0 Å². The maximum absolute atomic E-state index is 14.1. The van der Waals surface area contributed by atoms with Gasteiger partial charge in [-0.3, -0.25) is 13.9 Å². The van der Waals surface area contributed by atoms with E-state index in [0.29, 0.717) is 33.6 Å². The fraction of sp³-hybridized carbons (Fsp3) is 0.333. The summed E-state index contributed by atoms with van der Waals surface area (Å²) in [6.07, 6.45) is 2.01. The third kappa shape index (κ3) is 8.61. The van der Waals surface area contributed by atoms with Crippen molar-refractivity contribution in [2.24, 2.45) is 0 Å². The number of hydrogen-bond acceptors (Lipinski definition) is 4. The van der Waals surface area contributed by atoms with Crippen molar-refractivity contribution in [3.8, 4) is 0 Å². The zero-order valence-electron chi connectivity index (χ0n) is 23.2. The van der Waals surface area contributed by atoms with Crippen molar-refractivity contribution in [3.05, 3.63) is 92.9 Å². The lowest BCUT2D eigenvalue weighted by atomic mass is 10.1. The normalized spacial score (nSPS) is 12.0. The number of sulfonamides is 1. The summed E-state index contributed by atoms with van der Waals surface area (Å²) in [7, 11) is -4.16. The molecule has 1 unspecified atom stereocenters. The van der Waals surface area contributed by atoms with Crippen LogP contribution in [-0.2, 0) is 26.2 Å². The number of carbonyl (C=O) groups is 2. The molecule has 1 N–H and O–H groups in total. The summed E-state index contributed by atoms with van der Waals surface area (Å²) >= 11 is 18.4.